The van der Waals surface area contributed by atoms with Crippen molar-refractivity contribution in [1.29, 1.82) is 0 Å². The summed E-state index contributed by atoms with van der Waals surface area (Å²) >= 11 is 1.79. The molecule has 3 rings (SSSR count). The third-order valence-corrected chi connectivity index (χ3v) is 5.70. The van der Waals surface area contributed by atoms with Crippen LogP contribution in [0.5, 0.6) is 11.5 Å². The van der Waals surface area contributed by atoms with E-state index in [1.807, 2.05) is 24.3 Å². The van der Waals surface area contributed by atoms with Gasteiger partial charge in [-0.15, -0.1) is 11.8 Å². The lowest BCUT2D eigenvalue weighted by Gasteiger charge is -2.23. The molecule has 0 spiro atoms. The first kappa shape index (κ1) is 19.3. The van der Waals surface area contributed by atoms with Crippen LogP contribution in [0.25, 0.3) is 0 Å². The highest BCUT2D eigenvalue weighted by Crippen LogP contribution is 2.37. The second-order valence-electron chi connectivity index (χ2n) is 6.44. The Morgan fingerprint density at radius 3 is 2.70 bits per heavy atom. The van der Waals surface area contributed by atoms with E-state index in [0.29, 0.717) is 28.9 Å². The smallest absolute Gasteiger partial charge is 0.264 e. The molecule has 6 heteroatoms. The van der Waals surface area contributed by atoms with Gasteiger partial charge in [-0.3, -0.25) is 9.59 Å². The van der Waals surface area contributed by atoms with Crippen LogP contribution in [-0.2, 0) is 4.79 Å². The Kier molecular flexibility index (Phi) is 6.06. The standard InChI is InChI=1S/C21H23NO4S/c1-14-10-11-22(17-6-4-5-7-20(17)27-14)21(24)13-26-18-9-8-16(15(2)23)12-19(18)25-3/h4-9,12,14H,10-11,13H2,1-3H3. The Bertz CT molecular complexity index is 852. The van der Waals surface area contributed by atoms with Gasteiger partial charge in [-0.25, -0.2) is 0 Å². The van der Waals surface area contributed by atoms with Crippen molar-refractivity contribution >= 4 is 29.1 Å². The minimum absolute atomic E-state index is 0.0521. The number of anilines is 1. The van der Waals surface area contributed by atoms with E-state index in [-0.39, 0.29) is 18.3 Å². The van der Waals surface area contributed by atoms with Gasteiger partial charge in [0.25, 0.3) is 5.91 Å². The number of fused-ring (bicyclic) bond motifs is 1. The van der Waals surface area contributed by atoms with Gasteiger partial charge in [-0.2, -0.15) is 0 Å². The fourth-order valence-electron chi connectivity index (χ4n) is 2.97. The van der Waals surface area contributed by atoms with Crippen molar-refractivity contribution in [3.05, 3.63) is 48.0 Å². The zero-order valence-electron chi connectivity index (χ0n) is 15.7. The topological polar surface area (TPSA) is 55.8 Å². The van der Waals surface area contributed by atoms with Crippen LogP contribution >= 0.6 is 11.8 Å². The molecule has 1 aliphatic rings. The SMILES string of the molecule is COc1cc(C(C)=O)ccc1OCC(=O)N1CCC(C)Sc2ccccc21. The number of Topliss-reactive ketones (excluding diaryl/α,β-unsaturated/α-hetero) is 1. The van der Waals surface area contributed by atoms with E-state index in [1.165, 1.54) is 14.0 Å². The third kappa shape index (κ3) is 4.45. The van der Waals surface area contributed by atoms with Crippen LogP contribution in [0.3, 0.4) is 0 Å². The molecule has 2 aromatic rings. The lowest BCUT2D eigenvalue weighted by atomic mass is 10.1. The van der Waals surface area contributed by atoms with Crippen LogP contribution in [0.2, 0.25) is 0 Å². The molecule has 0 saturated heterocycles. The Morgan fingerprint density at radius 1 is 1.19 bits per heavy atom. The number of hydrogen-bond donors (Lipinski definition) is 0. The molecule has 0 aliphatic carbocycles. The number of rotatable bonds is 5. The number of carbonyl (C=O) groups excluding carboxylic acids is 2. The summed E-state index contributed by atoms with van der Waals surface area (Å²) in [6.07, 6.45) is 0.918. The first-order valence-corrected chi connectivity index (χ1v) is 9.75. The Balaban J connectivity index is 1.75. The molecule has 142 valence electrons. The molecule has 0 N–H and O–H groups in total. The number of amides is 1. The van der Waals surface area contributed by atoms with Crippen LogP contribution in [0.15, 0.2) is 47.4 Å². The van der Waals surface area contributed by atoms with E-state index in [2.05, 4.69) is 6.92 Å². The highest BCUT2D eigenvalue weighted by Gasteiger charge is 2.24. The monoisotopic (exact) mass is 385 g/mol. The van der Waals surface area contributed by atoms with Gasteiger partial charge >= 0.3 is 0 Å². The molecule has 2 aromatic carbocycles. The maximum atomic E-state index is 12.9. The summed E-state index contributed by atoms with van der Waals surface area (Å²) in [6, 6.07) is 12.9. The number of ketones is 1. The quantitative estimate of drug-likeness (QED) is 0.722. The number of hydrogen-bond acceptors (Lipinski definition) is 5. The first-order chi connectivity index (χ1) is 13.0. The summed E-state index contributed by atoms with van der Waals surface area (Å²) in [6.45, 7) is 4.24. The second-order valence-corrected chi connectivity index (χ2v) is 7.92. The van der Waals surface area contributed by atoms with Crippen molar-refractivity contribution in [2.75, 3.05) is 25.2 Å². The molecular weight excluding hydrogens is 362 g/mol. The zero-order chi connectivity index (χ0) is 19.4. The van der Waals surface area contributed by atoms with E-state index in [9.17, 15) is 9.59 Å². The summed E-state index contributed by atoms with van der Waals surface area (Å²) in [7, 11) is 1.51. The molecule has 1 amide bonds. The van der Waals surface area contributed by atoms with Crippen molar-refractivity contribution in [3.63, 3.8) is 0 Å². The van der Waals surface area contributed by atoms with E-state index in [0.717, 1.165) is 17.0 Å². The van der Waals surface area contributed by atoms with Crippen LogP contribution in [-0.4, -0.2) is 37.2 Å². The number of nitrogens with zero attached hydrogens (tertiary/aromatic N) is 1. The van der Waals surface area contributed by atoms with Crippen molar-refractivity contribution in [2.24, 2.45) is 0 Å². The third-order valence-electron chi connectivity index (χ3n) is 4.47. The Morgan fingerprint density at radius 2 is 1.96 bits per heavy atom. The van der Waals surface area contributed by atoms with Gasteiger partial charge in [-0.05, 0) is 43.7 Å². The number of para-hydroxylation sites is 1. The molecule has 0 saturated carbocycles. The zero-order valence-corrected chi connectivity index (χ0v) is 16.5. The molecule has 0 aromatic heterocycles. The molecular formula is C21H23NO4S. The van der Waals surface area contributed by atoms with Crippen LogP contribution in [0.1, 0.15) is 30.6 Å². The molecule has 1 aliphatic heterocycles. The van der Waals surface area contributed by atoms with Gasteiger partial charge in [0.1, 0.15) is 0 Å². The fourth-order valence-corrected chi connectivity index (χ4v) is 4.08. The van der Waals surface area contributed by atoms with Gasteiger partial charge in [0.15, 0.2) is 23.9 Å². The molecule has 27 heavy (non-hydrogen) atoms. The number of thioether (sulfide) groups is 1. The van der Waals surface area contributed by atoms with Crippen LogP contribution < -0.4 is 14.4 Å². The summed E-state index contributed by atoms with van der Waals surface area (Å²) in [4.78, 5) is 27.3. The molecule has 0 fully saturated rings. The lowest BCUT2D eigenvalue weighted by molar-refractivity contribution is -0.120. The van der Waals surface area contributed by atoms with Crippen molar-refractivity contribution in [2.45, 2.75) is 30.4 Å². The molecule has 0 radical (unpaired) electrons. The van der Waals surface area contributed by atoms with Gasteiger partial charge < -0.3 is 14.4 Å². The minimum atomic E-state index is -0.102. The highest BCUT2D eigenvalue weighted by molar-refractivity contribution is 8.00. The molecule has 1 heterocycles. The second kappa shape index (κ2) is 8.48. The summed E-state index contributed by atoms with van der Waals surface area (Å²) in [5, 5.41) is 0.448. The number of methoxy groups -OCH3 is 1. The average molecular weight is 385 g/mol. The van der Waals surface area contributed by atoms with E-state index in [1.54, 1.807) is 34.9 Å². The first-order valence-electron chi connectivity index (χ1n) is 8.87. The van der Waals surface area contributed by atoms with E-state index in [4.69, 9.17) is 9.47 Å². The number of carbonyl (C=O) groups is 2. The maximum absolute atomic E-state index is 12.9. The van der Waals surface area contributed by atoms with Gasteiger partial charge in [0.05, 0.1) is 12.8 Å². The number of benzene rings is 2. The summed E-state index contributed by atoms with van der Waals surface area (Å²) in [5.41, 5.74) is 1.47. The van der Waals surface area contributed by atoms with Crippen LogP contribution in [0, 0.1) is 0 Å². The predicted molar refractivity (Wildman–Crippen MR) is 107 cm³/mol. The Labute approximate surface area is 163 Å². The van der Waals surface area contributed by atoms with E-state index >= 15 is 0 Å². The van der Waals surface area contributed by atoms with Crippen molar-refractivity contribution in [3.8, 4) is 11.5 Å². The summed E-state index contributed by atoms with van der Waals surface area (Å²) < 4.78 is 11.0. The van der Waals surface area contributed by atoms with Gasteiger partial charge in [0.2, 0.25) is 0 Å². The van der Waals surface area contributed by atoms with E-state index < -0.39 is 0 Å². The van der Waals surface area contributed by atoms with Gasteiger partial charge in [0, 0.05) is 22.3 Å². The largest absolute Gasteiger partial charge is 0.493 e. The van der Waals surface area contributed by atoms with Gasteiger partial charge in [-0.1, -0.05) is 19.1 Å². The molecule has 1 unspecified atom stereocenters. The fraction of sp³-hybridized carbons (Fsp3) is 0.333. The maximum Gasteiger partial charge on any atom is 0.264 e. The molecule has 0 bridgehead atoms. The molecule has 1 atom stereocenters. The van der Waals surface area contributed by atoms with Crippen LogP contribution in [0.4, 0.5) is 5.69 Å². The van der Waals surface area contributed by atoms with Crippen molar-refractivity contribution < 1.29 is 19.1 Å². The number of ether oxygens (including phenoxy) is 2. The molecule has 5 nitrogen and oxygen atoms in total. The summed E-state index contributed by atoms with van der Waals surface area (Å²) in [5.74, 6) is 0.733. The lowest BCUT2D eigenvalue weighted by Crippen LogP contribution is -2.36. The highest BCUT2D eigenvalue weighted by atomic mass is 32.2. The van der Waals surface area contributed by atoms with Crippen molar-refractivity contribution in [1.82, 2.24) is 0 Å². The Hall–Kier alpha value is -2.47. The minimum Gasteiger partial charge on any atom is -0.493 e. The normalized spacial score (nSPS) is 16.3. The average Bonchev–Trinajstić information content (AvgIpc) is 2.84. The predicted octanol–water partition coefficient (Wildman–Crippen LogP) is 4.19.